The number of hydrogen-bond donors (Lipinski definition) is 0. The number of Topliss-reactive ketones (excluding diaryl/α,β-unsaturated/α-hetero) is 2. The fourth-order valence-electron chi connectivity index (χ4n) is 5.21. The number of piperazine rings is 1. The number of benzene rings is 1. The molecule has 0 saturated carbocycles. The SMILES string of the molecule is C=CCOCCN1C(=O)C2CCCC3N2C31C(=O)C(=O)c1cc(OC)c(OC)c(OC)c1. The highest BCUT2D eigenvalue weighted by Crippen LogP contribution is 2.58. The Kier molecular flexibility index (Phi) is 5.96. The van der Waals surface area contributed by atoms with Crippen molar-refractivity contribution < 1.29 is 33.3 Å². The molecule has 4 rings (SSSR count). The van der Waals surface area contributed by atoms with Crippen molar-refractivity contribution in [2.45, 2.75) is 37.0 Å². The maximum absolute atomic E-state index is 13.7. The number of fused-ring (bicyclic) bond motifs is 1. The van der Waals surface area contributed by atoms with Gasteiger partial charge in [-0.1, -0.05) is 6.08 Å². The Bertz CT molecular complexity index is 937. The fraction of sp³-hybridized carbons (Fsp3) is 0.522. The average Bonchev–Trinajstić information content (AvgIpc) is 3.43. The Labute approximate surface area is 186 Å². The molecule has 3 heterocycles. The van der Waals surface area contributed by atoms with Gasteiger partial charge in [-0.15, -0.1) is 6.58 Å². The molecular formula is C23H28N2O7. The van der Waals surface area contributed by atoms with Gasteiger partial charge in [-0.25, -0.2) is 0 Å². The molecule has 3 aliphatic rings. The van der Waals surface area contributed by atoms with Crippen molar-refractivity contribution in [2.75, 3.05) is 41.1 Å². The van der Waals surface area contributed by atoms with E-state index >= 15 is 0 Å². The molecule has 3 fully saturated rings. The molecule has 1 aromatic carbocycles. The molecule has 3 aliphatic heterocycles. The summed E-state index contributed by atoms with van der Waals surface area (Å²) in [5, 5.41) is 0. The lowest BCUT2D eigenvalue weighted by molar-refractivity contribution is -0.138. The predicted molar refractivity (Wildman–Crippen MR) is 114 cm³/mol. The van der Waals surface area contributed by atoms with Crippen molar-refractivity contribution in [1.29, 1.82) is 0 Å². The Morgan fingerprint density at radius 3 is 2.44 bits per heavy atom. The highest BCUT2D eigenvalue weighted by molar-refractivity contribution is 6.48. The van der Waals surface area contributed by atoms with Crippen LogP contribution < -0.4 is 14.2 Å². The number of amides is 1. The molecular weight excluding hydrogens is 416 g/mol. The number of methoxy groups -OCH3 is 3. The van der Waals surface area contributed by atoms with E-state index in [1.165, 1.54) is 33.5 Å². The Balaban J connectivity index is 1.67. The van der Waals surface area contributed by atoms with Crippen molar-refractivity contribution in [3.8, 4) is 17.2 Å². The number of ether oxygens (including phenoxy) is 4. The quantitative estimate of drug-likeness (QED) is 0.166. The summed E-state index contributed by atoms with van der Waals surface area (Å²) in [7, 11) is 4.35. The summed E-state index contributed by atoms with van der Waals surface area (Å²) >= 11 is 0. The van der Waals surface area contributed by atoms with Crippen molar-refractivity contribution in [3.05, 3.63) is 30.4 Å². The van der Waals surface area contributed by atoms with Crippen LogP contribution >= 0.6 is 0 Å². The molecule has 9 heteroatoms. The molecule has 1 aromatic rings. The van der Waals surface area contributed by atoms with E-state index in [1.54, 1.807) is 11.0 Å². The van der Waals surface area contributed by atoms with Crippen molar-refractivity contribution in [2.24, 2.45) is 0 Å². The standard InChI is InChI=1S/C23H28N2O7/c1-5-10-32-11-9-24-22(28)15-7-6-8-18-23(24,25(15)18)21(27)19(26)14-12-16(29-2)20(31-4)17(13-14)30-3/h5,12-13,15,18H,1,6-11H2,2-4H3. The molecule has 4 atom stereocenters. The van der Waals surface area contributed by atoms with Crippen LogP contribution in [-0.2, 0) is 14.3 Å². The zero-order valence-electron chi connectivity index (χ0n) is 18.6. The van der Waals surface area contributed by atoms with Gasteiger partial charge in [-0.3, -0.25) is 19.3 Å². The van der Waals surface area contributed by atoms with Crippen LogP contribution in [0.2, 0.25) is 0 Å². The van der Waals surface area contributed by atoms with E-state index in [9.17, 15) is 14.4 Å². The summed E-state index contributed by atoms with van der Waals surface area (Å²) in [5.74, 6) is -0.525. The molecule has 3 saturated heterocycles. The number of nitrogens with zero attached hydrogens (tertiary/aromatic N) is 2. The highest BCUT2D eigenvalue weighted by Gasteiger charge is 2.80. The van der Waals surface area contributed by atoms with E-state index in [1.807, 2.05) is 4.90 Å². The first-order valence-electron chi connectivity index (χ1n) is 10.6. The van der Waals surface area contributed by atoms with Crippen LogP contribution in [0.25, 0.3) is 0 Å². The van der Waals surface area contributed by atoms with Gasteiger partial charge in [0.15, 0.2) is 17.2 Å². The third-order valence-corrected chi connectivity index (χ3v) is 6.54. The molecule has 0 radical (unpaired) electrons. The molecule has 0 spiro atoms. The van der Waals surface area contributed by atoms with Crippen LogP contribution in [0.3, 0.4) is 0 Å². The number of carbonyl (C=O) groups excluding carboxylic acids is 3. The lowest BCUT2D eigenvalue weighted by atomic mass is 9.93. The smallest absolute Gasteiger partial charge is 0.245 e. The van der Waals surface area contributed by atoms with Crippen LogP contribution in [-0.4, -0.2) is 86.1 Å². The molecule has 0 bridgehead atoms. The first-order valence-corrected chi connectivity index (χ1v) is 10.6. The molecule has 0 N–H and O–H groups in total. The average molecular weight is 444 g/mol. The summed E-state index contributed by atoms with van der Waals surface area (Å²) in [5.41, 5.74) is -1.10. The normalized spacial score (nSPS) is 27.5. The van der Waals surface area contributed by atoms with Gasteiger partial charge < -0.3 is 23.8 Å². The molecule has 32 heavy (non-hydrogen) atoms. The number of likely N-dealkylation sites (tertiary alicyclic amines) is 1. The fourth-order valence-corrected chi connectivity index (χ4v) is 5.21. The number of rotatable bonds is 11. The van der Waals surface area contributed by atoms with Gasteiger partial charge >= 0.3 is 0 Å². The third kappa shape index (κ3) is 3.10. The Hall–Kier alpha value is -2.91. The first kappa shape index (κ1) is 22.3. The molecule has 0 aromatic heterocycles. The summed E-state index contributed by atoms with van der Waals surface area (Å²) in [6, 6.07) is 2.43. The van der Waals surface area contributed by atoms with E-state index < -0.39 is 17.2 Å². The first-order chi connectivity index (χ1) is 15.5. The zero-order chi connectivity index (χ0) is 23.0. The lowest BCUT2D eigenvalue weighted by Crippen LogP contribution is -2.52. The highest BCUT2D eigenvalue weighted by atomic mass is 16.5. The molecule has 9 nitrogen and oxygen atoms in total. The minimum absolute atomic E-state index is 0.116. The largest absolute Gasteiger partial charge is 0.493 e. The minimum atomic E-state index is -1.23. The van der Waals surface area contributed by atoms with Gasteiger partial charge in [0.2, 0.25) is 23.2 Å². The number of carbonyl (C=O) groups is 3. The topological polar surface area (TPSA) is 94.4 Å². The van der Waals surface area contributed by atoms with E-state index in [4.69, 9.17) is 18.9 Å². The molecule has 1 amide bonds. The van der Waals surface area contributed by atoms with Crippen molar-refractivity contribution >= 4 is 17.5 Å². The van der Waals surface area contributed by atoms with Gasteiger partial charge in [0, 0.05) is 12.1 Å². The zero-order valence-corrected chi connectivity index (χ0v) is 18.6. The Morgan fingerprint density at radius 1 is 1.16 bits per heavy atom. The molecule has 172 valence electrons. The van der Waals surface area contributed by atoms with E-state index in [-0.39, 0.29) is 48.2 Å². The van der Waals surface area contributed by atoms with Crippen LogP contribution in [0.4, 0.5) is 0 Å². The second-order valence-corrected chi connectivity index (χ2v) is 8.02. The van der Waals surface area contributed by atoms with Gasteiger partial charge in [0.25, 0.3) is 0 Å². The molecule has 0 aliphatic carbocycles. The third-order valence-electron chi connectivity index (χ3n) is 6.54. The predicted octanol–water partition coefficient (Wildman–Crippen LogP) is 1.44. The monoisotopic (exact) mass is 444 g/mol. The van der Waals surface area contributed by atoms with Crippen molar-refractivity contribution in [3.63, 3.8) is 0 Å². The van der Waals surface area contributed by atoms with Gasteiger partial charge in [0.1, 0.15) is 0 Å². The number of hydrogen-bond acceptors (Lipinski definition) is 8. The summed E-state index contributed by atoms with van der Waals surface area (Å²) in [6.45, 7) is 4.47. The van der Waals surface area contributed by atoms with Gasteiger partial charge in [-0.05, 0) is 31.4 Å². The summed E-state index contributed by atoms with van der Waals surface area (Å²) in [4.78, 5) is 43.6. The van der Waals surface area contributed by atoms with Crippen LogP contribution in [0.1, 0.15) is 29.6 Å². The van der Waals surface area contributed by atoms with E-state index in [0.29, 0.717) is 18.8 Å². The Morgan fingerprint density at radius 2 is 1.84 bits per heavy atom. The van der Waals surface area contributed by atoms with Gasteiger partial charge in [-0.2, -0.15) is 0 Å². The van der Waals surface area contributed by atoms with Gasteiger partial charge in [0.05, 0.1) is 46.6 Å². The minimum Gasteiger partial charge on any atom is -0.493 e. The van der Waals surface area contributed by atoms with Crippen LogP contribution in [0.15, 0.2) is 24.8 Å². The maximum Gasteiger partial charge on any atom is 0.245 e. The second-order valence-electron chi connectivity index (χ2n) is 8.02. The summed E-state index contributed by atoms with van der Waals surface area (Å²) < 4.78 is 21.4. The second kappa shape index (κ2) is 8.55. The number of piperidine rings is 1. The maximum atomic E-state index is 13.7. The molecule has 4 unspecified atom stereocenters. The van der Waals surface area contributed by atoms with E-state index in [0.717, 1.165) is 12.8 Å². The summed E-state index contributed by atoms with van der Waals surface area (Å²) in [6.07, 6.45) is 3.93. The van der Waals surface area contributed by atoms with Crippen molar-refractivity contribution in [1.82, 2.24) is 9.80 Å². The van der Waals surface area contributed by atoms with E-state index in [2.05, 4.69) is 6.58 Å². The van der Waals surface area contributed by atoms with Crippen LogP contribution in [0, 0.1) is 0 Å². The van der Waals surface area contributed by atoms with Crippen LogP contribution in [0.5, 0.6) is 17.2 Å². The lowest BCUT2D eigenvalue weighted by Gasteiger charge is -2.29. The number of ketones is 2.